The van der Waals surface area contributed by atoms with Gasteiger partial charge in [0.1, 0.15) is 5.60 Å². The Morgan fingerprint density at radius 1 is 0.902 bits per heavy atom. The fraction of sp³-hybridized carbons (Fsp3) is 0.485. The maximum absolute atomic E-state index is 15.2. The number of carbonyl (C=O) groups excluding carboxylic acids is 1. The van der Waals surface area contributed by atoms with E-state index in [0.29, 0.717) is 25.7 Å². The first kappa shape index (κ1) is 28.7. The highest BCUT2D eigenvalue weighted by Gasteiger charge is 2.79. The number of thioether (sulfide) groups is 1. The molecule has 0 heterocycles. The van der Waals surface area contributed by atoms with E-state index in [4.69, 9.17) is 0 Å². The average molecular weight is 589 g/mol. The van der Waals surface area contributed by atoms with Gasteiger partial charge in [-0.05, 0) is 103 Å². The van der Waals surface area contributed by atoms with Crippen molar-refractivity contribution in [2.24, 2.45) is 17.3 Å². The molecular weight excluding hydrogens is 555 g/mol. The number of alkyl halides is 5. The second-order valence-corrected chi connectivity index (χ2v) is 13.2. The number of allylic oxidation sites excluding steroid dienone is 4. The number of hydrogen-bond donors (Lipinski definition) is 1. The maximum Gasteiger partial charge on any atom is 0.456 e. The molecule has 0 amide bonds. The molecule has 2 aromatic carbocycles. The Morgan fingerprint density at radius 3 is 2.15 bits per heavy atom. The molecule has 4 aliphatic carbocycles. The zero-order valence-electron chi connectivity index (χ0n) is 23.0. The minimum atomic E-state index is -5.85. The standard InChI is InChI=1S/C33H33F5O2S/c1-30-18-27(21-5-3-19(4-6-21)20-7-11-24(41-2)12-8-20)29-25-14-10-23(39)17-22(25)9-13-26(29)28(30)15-16-31(30,40)32(34,35)33(36,37)38/h3-8,11-12,17,26-28,40H,9-10,13-16,18H2,1-2H3/t26-,27-,28-,30-,31-/m0/s1. The van der Waals surface area contributed by atoms with Crippen LogP contribution in [0.1, 0.15) is 63.4 Å². The molecule has 41 heavy (non-hydrogen) atoms. The van der Waals surface area contributed by atoms with Crippen LogP contribution in [0.15, 0.2) is 76.2 Å². The molecule has 5 atom stereocenters. The molecule has 0 bridgehead atoms. The Bertz CT molecular complexity index is 1430. The summed E-state index contributed by atoms with van der Waals surface area (Å²) < 4.78 is 71.6. The van der Waals surface area contributed by atoms with Gasteiger partial charge in [-0.2, -0.15) is 22.0 Å². The van der Waals surface area contributed by atoms with E-state index >= 15 is 8.78 Å². The van der Waals surface area contributed by atoms with Gasteiger partial charge in [-0.1, -0.05) is 48.9 Å². The molecule has 0 saturated heterocycles. The molecule has 2 nitrogen and oxygen atoms in total. The number of hydrogen-bond acceptors (Lipinski definition) is 3. The third-order valence-electron chi connectivity index (χ3n) is 10.5. The second-order valence-electron chi connectivity index (χ2n) is 12.3. The Labute approximate surface area is 241 Å². The molecule has 2 aromatic rings. The number of rotatable bonds is 4. The summed E-state index contributed by atoms with van der Waals surface area (Å²) >= 11 is 1.65. The van der Waals surface area contributed by atoms with E-state index in [9.17, 15) is 23.1 Å². The number of fused-ring (bicyclic) bond motifs is 4. The lowest BCUT2D eigenvalue weighted by Gasteiger charge is -2.56. The number of aliphatic hydroxyl groups is 1. The molecule has 0 aliphatic heterocycles. The van der Waals surface area contributed by atoms with Crippen molar-refractivity contribution in [1.29, 1.82) is 0 Å². The molecule has 8 heteroatoms. The third kappa shape index (κ3) is 4.26. The SMILES string of the molecule is CSc1ccc(-c2ccc([C@@H]3C[C@@]4(C)[C@@H](CC[C@@]4(O)C(F)(F)C(F)(F)F)[C@@H]4CCC5=CC(=O)CCC5=C34)cc2)cc1. The number of halogens is 5. The normalized spacial score (nSPS) is 31.9. The van der Waals surface area contributed by atoms with Crippen molar-refractivity contribution in [3.8, 4) is 11.1 Å². The first-order valence-corrected chi connectivity index (χ1v) is 15.4. The summed E-state index contributed by atoms with van der Waals surface area (Å²) in [4.78, 5) is 13.4. The second kappa shape index (κ2) is 9.80. The summed E-state index contributed by atoms with van der Waals surface area (Å²) in [7, 11) is 0. The van der Waals surface area contributed by atoms with Crippen LogP contribution in [0.5, 0.6) is 0 Å². The highest BCUT2D eigenvalue weighted by atomic mass is 32.2. The molecule has 1 N–H and O–H groups in total. The first-order chi connectivity index (χ1) is 19.3. The molecule has 4 aliphatic rings. The molecule has 6 rings (SSSR count). The van der Waals surface area contributed by atoms with Crippen LogP contribution in [-0.4, -0.2) is 34.8 Å². The lowest BCUT2D eigenvalue weighted by atomic mass is 9.50. The van der Waals surface area contributed by atoms with Crippen molar-refractivity contribution in [2.45, 2.75) is 80.4 Å². The minimum Gasteiger partial charge on any atom is -0.383 e. The number of benzene rings is 2. The fourth-order valence-electron chi connectivity index (χ4n) is 8.41. The maximum atomic E-state index is 15.2. The predicted molar refractivity (Wildman–Crippen MR) is 150 cm³/mol. The molecular formula is C33H33F5O2S. The molecule has 0 unspecified atom stereocenters. The van der Waals surface area contributed by atoms with E-state index in [1.165, 1.54) is 6.92 Å². The van der Waals surface area contributed by atoms with Crippen molar-refractivity contribution < 1.29 is 31.9 Å². The van der Waals surface area contributed by atoms with Crippen LogP contribution < -0.4 is 0 Å². The zero-order chi connectivity index (χ0) is 29.4. The van der Waals surface area contributed by atoms with Gasteiger partial charge in [0.25, 0.3) is 0 Å². The van der Waals surface area contributed by atoms with E-state index in [2.05, 4.69) is 0 Å². The van der Waals surface area contributed by atoms with Gasteiger partial charge in [-0.3, -0.25) is 4.79 Å². The molecule has 2 fully saturated rings. The van der Waals surface area contributed by atoms with Crippen molar-refractivity contribution in [1.82, 2.24) is 0 Å². The molecule has 2 saturated carbocycles. The highest BCUT2D eigenvalue weighted by Crippen LogP contribution is 2.70. The topological polar surface area (TPSA) is 37.3 Å². The van der Waals surface area contributed by atoms with Crippen LogP contribution in [0.4, 0.5) is 22.0 Å². The van der Waals surface area contributed by atoms with E-state index in [0.717, 1.165) is 38.3 Å². The number of ketones is 1. The summed E-state index contributed by atoms with van der Waals surface area (Å²) in [6.07, 6.45) is -0.580. The summed E-state index contributed by atoms with van der Waals surface area (Å²) in [6.45, 7) is 1.45. The van der Waals surface area contributed by atoms with Crippen molar-refractivity contribution in [2.75, 3.05) is 6.26 Å². The van der Waals surface area contributed by atoms with Gasteiger partial charge in [-0.15, -0.1) is 11.8 Å². The number of carbonyl (C=O) groups is 1. The monoisotopic (exact) mass is 588 g/mol. The largest absolute Gasteiger partial charge is 0.456 e. The van der Waals surface area contributed by atoms with Gasteiger partial charge in [0.2, 0.25) is 0 Å². The van der Waals surface area contributed by atoms with Crippen molar-refractivity contribution in [3.05, 3.63) is 76.9 Å². The van der Waals surface area contributed by atoms with Crippen LogP contribution >= 0.6 is 11.8 Å². The lowest BCUT2D eigenvalue weighted by Crippen LogP contribution is -2.65. The summed E-state index contributed by atoms with van der Waals surface area (Å²) in [5, 5.41) is 11.4. The minimum absolute atomic E-state index is 0.0157. The van der Waals surface area contributed by atoms with Crippen LogP contribution in [0, 0.1) is 17.3 Å². The Hall–Kier alpha value is -2.45. The molecule has 0 spiro atoms. The van der Waals surface area contributed by atoms with Gasteiger partial charge in [-0.25, -0.2) is 0 Å². The van der Waals surface area contributed by atoms with Gasteiger partial charge in [0.15, 0.2) is 5.78 Å². The van der Waals surface area contributed by atoms with Crippen LogP contribution in [0.2, 0.25) is 0 Å². The summed E-state index contributed by atoms with van der Waals surface area (Å²) in [5.41, 5.74) is 1.11. The van der Waals surface area contributed by atoms with Crippen LogP contribution in [0.3, 0.4) is 0 Å². The average Bonchev–Trinajstić information content (AvgIpc) is 3.23. The molecule has 0 aromatic heterocycles. The van der Waals surface area contributed by atoms with E-state index in [-0.39, 0.29) is 24.5 Å². The Balaban J connectivity index is 1.47. The van der Waals surface area contributed by atoms with E-state index in [1.807, 2.05) is 54.8 Å². The fourth-order valence-corrected chi connectivity index (χ4v) is 8.81. The van der Waals surface area contributed by atoms with Crippen molar-refractivity contribution >= 4 is 17.5 Å². The predicted octanol–water partition coefficient (Wildman–Crippen LogP) is 8.90. The summed E-state index contributed by atoms with van der Waals surface area (Å²) in [5.74, 6) is -6.34. The lowest BCUT2D eigenvalue weighted by molar-refractivity contribution is -0.362. The third-order valence-corrected chi connectivity index (χ3v) is 11.2. The van der Waals surface area contributed by atoms with Gasteiger partial charge in [0, 0.05) is 22.6 Å². The van der Waals surface area contributed by atoms with Gasteiger partial charge in [0.05, 0.1) is 0 Å². The van der Waals surface area contributed by atoms with Crippen LogP contribution in [0.25, 0.3) is 11.1 Å². The molecule has 218 valence electrons. The Morgan fingerprint density at radius 2 is 1.54 bits per heavy atom. The van der Waals surface area contributed by atoms with Crippen LogP contribution in [-0.2, 0) is 4.79 Å². The smallest absolute Gasteiger partial charge is 0.383 e. The molecule has 0 radical (unpaired) electrons. The van der Waals surface area contributed by atoms with Crippen molar-refractivity contribution in [3.63, 3.8) is 0 Å². The summed E-state index contributed by atoms with van der Waals surface area (Å²) in [6, 6.07) is 16.0. The Kier molecular flexibility index (Phi) is 6.85. The highest BCUT2D eigenvalue weighted by molar-refractivity contribution is 7.98. The van der Waals surface area contributed by atoms with E-state index < -0.39 is 41.4 Å². The first-order valence-electron chi connectivity index (χ1n) is 14.2. The van der Waals surface area contributed by atoms with Gasteiger partial charge < -0.3 is 5.11 Å². The quantitative estimate of drug-likeness (QED) is 0.286. The van der Waals surface area contributed by atoms with E-state index in [1.54, 1.807) is 17.8 Å². The van der Waals surface area contributed by atoms with Gasteiger partial charge >= 0.3 is 12.1 Å². The zero-order valence-corrected chi connectivity index (χ0v) is 23.8.